The van der Waals surface area contributed by atoms with Crippen LogP contribution >= 0.6 is 11.8 Å². The standard InChI is InChI=1S/C15H27N3O2S/c1-15(2,3)8-13(19)18-10-21-9-12(18)14(20)17-6-4-11(16)5-7-17/h11-12H,4-10,16H2,1-3H3. The molecule has 5 nitrogen and oxygen atoms in total. The zero-order chi connectivity index (χ0) is 15.6. The highest BCUT2D eigenvalue weighted by Crippen LogP contribution is 2.28. The summed E-state index contributed by atoms with van der Waals surface area (Å²) in [5, 5.41) is 0. The Kier molecular flexibility index (Phi) is 5.20. The Hall–Kier alpha value is -0.750. The molecule has 0 saturated carbocycles. The SMILES string of the molecule is CC(C)(C)CC(=O)N1CSCC1C(=O)N1CCC(N)CC1. The summed E-state index contributed by atoms with van der Waals surface area (Å²) in [5.41, 5.74) is 5.84. The Balaban J connectivity index is 1.98. The van der Waals surface area contributed by atoms with Crippen molar-refractivity contribution in [3.63, 3.8) is 0 Å². The van der Waals surface area contributed by atoms with Crippen molar-refractivity contribution < 1.29 is 9.59 Å². The third-order valence-corrected chi connectivity index (χ3v) is 5.03. The number of hydrogen-bond acceptors (Lipinski definition) is 4. The second-order valence-electron chi connectivity index (χ2n) is 7.28. The number of rotatable bonds is 2. The molecule has 0 aromatic heterocycles. The van der Waals surface area contributed by atoms with Crippen LogP contribution in [-0.2, 0) is 9.59 Å². The molecular weight excluding hydrogens is 286 g/mol. The van der Waals surface area contributed by atoms with Crippen molar-refractivity contribution in [1.29, 1.82) is 0 Å². The largest absolute Gasteiger partial charge is 0.341 e. The van der Waals surface area contributed by atoms with Crippen molar-refractivity contribution in [3.8, 4) is 0 Å². The summed E-state index contributed by atoms with van der Waals surface area (Å²) < 4.78 is 0. The summed E-state index contributed by atoms with van der Waals surface area (Å²) in [4.78, 5) is 28.8. The Morgan fingerprint density at radius 1 is 1.24 bits per heavy atom. The van der Waals surface area contributed by atoms with Gasteiger partial charge in [-0.05, 0) is 18.3 Å². The monoisotopic (exact) mass is 313 g/mol. The Morgan fingerprint density at radius 3 is 2.43 bits per heavy atom. The van der Waals surface area contributed by atoms with Crippen molar-refractivity contribution >= 4 is 23.6 Å². The minimum atomic E-state index is -0.279. The van der Waals surface area contributed by atoms with Gasteiger partial charge in [0, 0.05) is 31.3 Å². The molecule has 1 atom stereocenters. The van der Waals surface area contributed by atoms with E-state index in [0.29, 0.717) is 12.3 Å². The highest BCUT2D eigenvalue weighted by Gasteiger charge is 2.38. The number of carbonyl (C=O) groups is 2. The summed E-state index contributed by atoms with van der Waals surface area (Å²) in [6.07, 6.45) is 2.21. The van der Waals surface area contributed by atoms with Gasteiger partial charge in [0.2, 0.25) is 11.8 Å². The van der Waals surface area contributed by atoms with Gasteiger partial charge in [-0.25, -0.2) is 0 Å². The van der Waals surface area contributed by atoms with Gasteiger partial charge in [0.1, 0.15) is 6.04 Å². The lowest BCUT2D eigenvalue weighted by atomic mass is 9.91. The van der Waals surface area contributed by atoms with E-state index in [9.17, 15) is 9.59 Å². The predicted octanol–water partition coefficient (Wildman–Crippen LogP) is 1.27. The van der Waals surface area contributed by atoms with Crippen LogP contribution in [0.3, 0.4) is 0 Å². The molecular formula is C15H27N3O2S. The van der Waals surface area contributed by atoms with Gasteiger partial charge in [0.05, 0.1) is 5.88 Å². The van der Waals surface area contributed by atoms with Gasteiger partial charge in [0.25, 0.3) is 0 Å². The maximum absolute atomic E-state index is 12.7. The van der Waals surface area contributed by atoms with Crippen molar-refractivity contribution in [2.75, 3.05) is 24.7 Å². The second-order valence-corrected chi connectivity index (χ2v) is 8.28. The van der Waals surface area contributed by atoms with Crippen LogP contribution in [-0.4, -0.2) is 58.4 Å². The number of amides is 2. The summed E-state index contributed by atoms with van der Waals surface area (Å²) in [6.45, 7) is 7.61. The summed E-state index contributed by atoms with van der Waals surface area (Å²) in [5.74, 6) is 1.56. The van der Waals surface area contributed by atoms with E-state index >= 15 is 0 Å². The molecule has 21 heavy (non-hydrogen) atoms. The maximum atomic E-state index is 12.7. The number of hydrogen-bond donors (Lipinski definition) is 1. The number of piperidine rings is 1. The van der Waals surface area contributed by atoms with Crippen molar-refractivity contribution in [2.45, 2.75) is 52.1 Å². The molecule has 2 aliphatic heterocycles. The molecule has 6 heteroatoms. The van der Waals surface area contributed by atoms with Crippen molar-refractivity contribution in [1.82, 2.24) is 9.80 Å². The number of nitrogens with zero attached hydrogens (tertiary/aromatic N) is 2. The van der Waals surface area contributed by atoms with Crippen molar-refractivity contribution in [3.05, 3.63) is 0 Å². The molecule has 2 N–H and O–H groups in total. The van der Waals surface area contributed by atoms with E-state index < -0.39 is 0 Å². The number of carbonyl (C=O) groups excluding carboxylic acids is 2. The number of thioether (sulfide) groups is 1. The van der Waals surface area contributed by atoms with E-state index in [1.807, 2.05) is 4.90 Å². The highest BCUT2D eigenvalue weighted by atomic mass is 32.2. The highest BCUT2D eigenvalue weighted by molar-refractivity contribution is 7.99. The smallest absolute Gasteiger partial charge is 0.246 e. The number of nitrogens with two attached hydrogens (primary N) is 1. The molecule has 2 heterocycles. The van der Waals surface area contributed by atoms with Crippen LogP contribution in [0.15, 0.2) is 0 Å². The molecule has 2 fully saturated rings. The zero-order valence-electron chi connectivity index (χ0n) is 13.3. The minimum absolute atomic E-state index is 0.0458. The van der Waals surface area contributed by atoms with E-state index in [2.05, 4.69) is 20.8 Å². The quantitative estimate of drug-likeness (QED) is 0.834. The first kappa shape index (κ1) is 16.6. The van der Waals surface area contributed by atoms with Crippen LogP contribution in [0.25, 0.3) is 0 Å². The average Bonchev–Trinajstić information content (AvgIpc) is 2.86. The third-order valence-electron chi connectivity index (χ3n) is 4.02. The van der Waals surface area contributed by atoms with Gasteiger partial charge in [-0.1, -0.05) is 20.8 Å². The van der Waals surface area contributed by atoms with Crippen LogP contribution < -0.4 is 5.73 Å². The molecule has 2 amide bonds. The lowest BCUT2D eigenvalue weighted by Crippen LogP contribution is -2.52. The summed E-state index contributed by atoms with van der Waals surface area (Å²) in [7, 11) is 0. The van der Waals surface area contributed by atoms with Gasteiger partial charge in [-0.2, -0.15) is 0 Å². The molecule has 120 valence electrons. The lowest BCUT2D eigenvalue weighted by molar-refractivity contribution is -0.145. The van der Waals surface area contributed by atoms with Gasteiger partial charge in [-0.15, -0.1) is 11.8 Å². The van der Waals surface area contributed by atoms with Crippen molar-refractivity contribution in [2.24, 2.45) is 11.1 Å². The van der Waals surface area contributed by atoms with E-state index in [-0.39, 0.29) is 29.3 Å². The number of likely N-dealkylation sites (tertiary alicyclic amines) is 1. The first-order valence-electron chi connectivity index (χ1n) is 7.69. The van der Waals surface area contributed by atoms with E-state index in [4.69, 9.17) is 5.73 Å². The molecule has 0 radical (unpaired) electrons. The van der Waals surface area contributed by atoms with E-state index in [1.165, 1.54) is 0 Å². The Morgan fingerprint density at radius 2 is 1.86 bits per heavy atom. The lowest BCUT2D eigenvalue weighted by Gasteiger charge is -2.34. The minimum Gasteiger partial charge on any atom is -0.341 e. The molecule has 0 aromatic carbocycles. The fourth-order valence-corrected chi connectivity index (χ4v) is 3.95. The molecule has 2 rings (SSSR count). The molecule has 0 aliphatic carbocycles. The normalized spacial score (nSPS) is 24.5. The van der Waals surface area contributed by atoms with E-state index in [0.717, 1.165) is 31.7 Å². The van der Waals surface area contributed by atoms with Crippen LogP contribution in [0.1, 0.15) is 40.0 Å². The third kappa shape index (κ3) is 4.36. The van der Waals surface area contributed by atoms with Gasteiger partial charge >= 0.3 is 0 Å². The molecule has 0 bridgehead atoms. The summed E-state index contributed by atoms with van der Waals surface area (Å²) >= 11 is 1.67. The first-order chi connectivity index (χ1) is 9.78. The molecule has 1 unspecified atom stereocenters. The van der Waals surface area contributed by atoms with E-state index in [1.54, 1.807) is 16.7 Å². The topological polar surface area (TPSA) is 66.6 Å². The fraction of sp³-hybridized carbons (Fsp3) is 0.867. The Labute approximate surface area is 131 Å². The van der Waals surface area contributed by atoms with Gasteiger partial charge < -0.3 is 15.5 Å². The molecule has 2 aliphatic rings. The fourth-order valence-electron chi connectivity index (χ4n) is 2.78. The van der Waals surface area contributed by atoms with Crippen LogP contribution in [0.4, 0.5) is 0 Å². The summed E-state index contributed by atoms with van der Waals surface area (Å²) in [6, 6.07) is -0.0650. The average molecular weight is 313 g/mol. The zero-order valence-corrected chi connectivity index (χ0v) is 14.1. The first-order valence-corrected chi connectivity index (χ1v) is 8.85. The van der Waals surface area contributed by atoms with Crippen LogP contribution in [0, 0.1) is 5.41 Å². The molecule has 0 aromatic rings. The second kappa shape index (κ2) is 6.57. The van der Waals surface area contributed by atoms with Gasteiger partial charge in [0.15, 0.2) is 0 Å². The molecule has 2 saturated heterocycles. The maximum Gasteiger partial charge on any atom is 0.246 e. The molecule has 0 spiro atoms. The van der Waals surface area contributed by atoms with Crippen LogP contribution in [0.2, 0.25) is 0 Å². The van der Waals surface area contributed by atoms with Crippen LogP contribution in [0.5, 0.6) is 0 Å². The van der Waals surface area contributed by atoms with Gasteiger partial charge in [-0.3, -0.25) is 9.59 Å². The predicted molar refractivity (Wildman–Crippen MR) is 85.8 cm³/mol. The Bertz CT molecular complexity index is 400.